The van der Waals surface area contributed by atoms with Crippen molar-refractivity contribution in [3.05, 3.63) is 45.8 Å². The minimum atomic E-state index is -4.90. The number of aliphatic carboxylic acids is 1. The van der Waals surface area contributed by atoms with Gasteiger partial charge in [-0.1, -0.05) is 23.2 Å². The molecule has 3 N–H and O–H groups in total. The third-order valence-corrected chi connectivity index (χ3v) is 7.30. The van der Waals surface area contributed by atoms with Crippen LogP contribution in [0.4, 0.5) is 33.5 Å². The van der Waals surface area contributed by atoms with Gasteiger partial charge < -0.3 is 15.7 Å². The molecule has 0 aliphatic carbocycles. The smallest absolute Gasteiger partial charge is 0.434 e. The van der Waals surface area contributed by atoms with Crippen LogP contribution in [0.1, 0.15) is 17.7 Å². The molecule has 9 nitrogen and oxygen atoms in total. The van der Waals surface area contributed by atoms with E-state index in [1.54, 1.807) is 0 Å². The highest BCUT2D eigenvalue weighted by Crippen LogP contribution is 2.61. The maximum absolute atomic E-state index is 14.7. The molecule has 37 heavy (non-hydrogen) atoms. The van der Waals surface area contributed by atoms with Crippen LogP contribution in [-0.2, 0) is 26.1 Å². The van der Waals surface area contributed by atoms with Crippen LogP contribution in [-0.4, -0.2) is 56.3 Å². The van der Waals surface area contributed by atoms with Crippen molar-refractivity contribution in [1.82, 2.24) is 14.9 Å². The molecule has 16 heteroatoms. The van der Waals surface area contributed by atoms with E-state index in [1.807, 2.05) is 0 Å². The lowest BCUT2D eigenvalue weighted by Gasteiger charge is -2.35. The van der Waals surface area contributed by atoms with E-state index < -0.39 is 77.8 Å². The Kier molecular flexibility index (Phi) is 5.66. The highest BCUT2D eigenvalue weighted by molar-refractivity contribution is 6.38. The van der Waals surface area contributed by atoms with Gasteiger partial charge in [0.2, 0.25) is 5.91 Å². The molecule has 2 amide bonds. The molecule has 2 saturated heterocycles. The number of halogens is 7. The largest absolute Gasteiger partial charge is 0.481 e. The molecular formula is C21H14Cl2F5N5O4. The van der Waals surface area contributed by atoms with Crippen LogP contribution in [0.25, 0.3) is 0 Å². The molecule has 4 unspecified atom stereocenters. The number of nitrogens with zero attached hydrogens (tertiary/aromatic N) is 3. The van der Waals surface area contributed by atoms with Gasteiger partial charge in [0.05, 0.1) is 35.6 Å². The van der Waals surface area contributed by atoms with Gasteiger partial charge >= 0.3 is 12.1 Å². The van der Waals surface area contributed by atoms with Crippen molar-refractivity contribution in [2.45, 2.75) is 30.1 Å². The molecule has 4 atom stereocenters. The minimum absolute atomic E-state index is 0.0154. The number of carboxylic acids is 1. The first-order chi connectivity index (χ1) is 17.2. The summed E-state index contributed by atoms with van der Waals surface area (Å²) in [6.45, 7) is -1.06. The van der Waals surface area contributed by atoms with Gasteiger partial charge in [-0.2, -0.15) is 13.2 Å². The SMILES string of the molecule is O=C(Nc1cncc(C(F)(F)F)n1)C1C2CC(F)(F)CN2C2(C(=O)Nc3c(Cl)cc(Cl)cc32)C1C(=O)O. The highest BCUT2D eigenvalue weighted by atomic mass is 35.5. The molecule has 2 fully saturated rings. The number of nitrogens with one attached hydrogen (secondary N) is 2. The van der Waals surface area contributed by atoms with Gasteiger partial charge in [-0.3, -0.25) is 24.3 Å². The van der Waals surface area contributed by atoms with Crippen molar-refractivity contribution < 1.29 is 41.4 Å². The third-order valence-electron chi connectivity index (χ3n) is 6.78. The monoisotopic (exact) mass is 565 g/mol. The lowest BCUT2D eigenvalue weighted by molar-refractivity contribution is -0.153. The summed E-state index contributed by atoms with van der Waals surface area (Å²) in [5, 5.41) is 14.6. The Morgan fingerprint density at radius 3 is 2.57 bits per heavy atom. The Morgan fingerprint density at radius 2 is 1.92 bits per heavy atom. The van der Waals surface area contributed by atoms with E-state index in [-0.39, 0.29) is 21.3 Å². The van der Waals surface area contributed by atoms with E-state index in [1.165, 1.54) is 12.1 Å². The molecule has 1 aromatic carbocycles. The minimum Gasteiger partial charge on any atom is -0.481 e. The fourth-order valence-electron chi connectivity index (χ4n) is 5.57. The number of carbonyl (C=O) groups is 3. The number of carbonyl (C=O) groups excluding carboxylic acids is 2. The molecular weight excluding hydrogens is 552 g/mol. The van der Waals surface area contributed by atoms with Crippen LogP contribution >= 0.6 is 23.2 Å². The summed E-state index contributed by atoms with van der Waals surface area (Å²) in [6, 6.07) is 0.991. The molecule has 1 spiro atoms. The first-order valence-corrected chi connectivity index (χ1v) is 11.3. The van der Waals surface area contributed by atoms with Gasteiger partial charge in [0.1, 0.15) is 11.5 Å². The number of alkyl halides is 5. The van der Waals surface area contributed by atoms with Crippen molar-refractivity contribution in [3.63, 3.8) is 0 Å². The van der Waals surface area contributed by atoms with E-state index >= 15 is 0 Å². The van der Waals surface area contributed by atoms with E-state index in [9.17, 15) is 41.4 Å². The van der Waals surface area contributed by atoms with Crippen molar-refractivity contribution in [2.75, 3.05) is 17.2 Å². The van der Waals surface area contributed by atoms with E-state index in [4.69, 9.17) is 23.2 Å². The van der Waals surface area contributed by atoms with E-state index in [0.717, 1.165) is 11.1 Å². The Hall–Kier alpha value is -3.10. The van der Waals surface area contributed by atoms with Crippen LogP contribution in [0.15, 0.2) is 24.5 Å². The highest BCUT2D eigenvalue weighted by Gasteiger charge is 2.74. The molecule has 3 aliphatic rings. The molecule has 1 aromatic heterocycles. The maximum Gasteiger partial charge on any atom is 0.434 e. The quantitative estimate of drug-likeness (QED) is 0.485. The van der Waals surface area contributed by atoms with Crippen LogP contribution in [0.5, 0.6) is 0 Å². The molecule has 0 radical (unpaired) electrons. The Morgan fingerprint density at radius 1 is 1.22 bits per heavy atom. The fraction of sp³-hybridized carbons (Fsp3) is 0.381. The normalized spacial score (nSPS) is 28.2. The standard InChI is InChI=1S/C21H14Cl2F5N5O4/c22-7-1-8-15(9(23)2-7)32-18(37)20(8)14(17(35)36)13(10-3-19(24,25)6-33(10)20)16(34)31-12-5-29-4-11(30-12)21(26,27)28/h1-2,4-5,10,13-14H,3,6H2,(H,32,37)(H,35,36)(H,30,31,34). The van der Waals surface area contributed by atoms with Crippen molar-refractivity contribution >= 4 is 52.5 Å². The number of anilines is 2. The predicted octanol–water partition coefficient (Wildman–Crippen LogP) is 3.63. The second-order valence-electron chi connectivity index (χ2n) is 8.90. The molecule has 196 valence electrons. The van der Waals surface area contributed by atoms with Gasteiger partial charge in [0.15, 0.2) is 11.5 Å². The summed E-state index contributed by atoms with van der Waals surface area (Å²) in [4.78, 5) is 47.0. The summed E-state index contributed by atoms with van der Waals surface area (Å²) in [7, 11) is 0. The van der Waals surface area contributed by atoms with E-state index in [0.29, 0.717) is 6.20 Å². The molecule has 0 saturated carbocycles. The van der Waals surface area contributed by atoms with Gasteiger partial charge in [-0.25, -0.2) is 13.8 Å². The average Bonchev–Trinajstić information content (AvgIpc) is 3.34. The zero-order valence-electron chi connectivity index (χ0n) is 18.1. The van der Waals surface area contributed by atoms with Crippen molar-refractivity contribution in [2.24, 2.45) is 11.8 Å². The van der Waals surface area contributed by atoms with Gasteiger partial charge in [0.25, 0.3) is 11.8 Å². The van der Waals surface area contributed by atoms with Crippen LogP contribution < -0.4 is 10.6 Å². The number of amides is 2. The second kappa shape index (κ2) is 8.20. The molecule has 3 aliphatic heterocycles. The molecule has 4 heterocycles. The Balaban J connectivity index is 1.64. The Bertz CT molecular complexity index is 1360. The van der Waals surface area contributed by atoms with E-state index in [2.05, 4.69) is 20.6 Å². The average molecular weight is 566 g/mol. The van der Waals surface area contributed by atoms with Crippen LogP contribution in [0.2, 0.25) is 10.0 Å². The summed E-state index contributed by atoms with van der Waals surface area (Å²) in [6.07, 6.45) is -4.69. The molecule has 2 aromatic rings. The number of hydrogen-bond acceptors (Lipinski definition) is 6. The summed E-state index contributed by atoms with van der Waals surface area (Å²) < 4.78 is 68.5. The fourth-order valence-corrected chi connectivity index (χ4v) is 6.11. The zero-order valence-corrected chi connectivity index (χ0v) is 19.6. The number of aromatic nitrogens is 2. The zero-order chi connectivity index (χ0) is 27.1. The number of carboxylic acid groups (broad SMARTS) is 1. The first kappa shape index (κ1) is 25.5. The topological polar surface area (TPSA) is 125 Å². The second-order valence-corrected chi connectivity index (χ2v) is 9.75. The number of fused-ring (bicyclic) bond motifs is 4. The predicted molar refractivity (Wildman–Crippen MR) is 117 cm³/mol. The van der Waals surface area contributed by atoms with Crippen molar-refractivity contribution in [3.8, 4) is 0 Å². The molecule has 0 bridgehead atoms. The number of rotatable bonds is 3. The van der Waals surface area contributed by atoms with Crippen LogP contribution in [0.3, 0.4) is 0 Å². The van der Waals surface area contributed by atoms with Gasteiger partial charge in [-0.15, -0.1) is 0 Å². The third kappa shape index (κ3) is 3.80. The summed E-state index contributed by atoms with van der Waals surface area (Å²) in [5.41, 5.74) is -3.88. The molecule has 5 rings (SSSR count). The lowest BCUT2D eigenvalue weighted by Crippen LogP contribution is -2.54. The number of hydrogen-bond donors (Lipinski definition) is 3. The summed E-state index contributed by atoms with van der Waals surface area (Å²) >= 11 is 12.3. The number of benzene rings is 1. The lowest BCUT2D eigenvalue weighted by atomic mass is 9.73. The maximum atomic E-state index is 14.7. The summed E-state index contributed by atoms with van der Waals surface area (Å²) in [5.74, 6) is -11.7. The van der Waals surface area contributed by atoms with Crippen molar-refractivity contribution in [1.29, 1.82) is 0 Å². The van der Waals surface area contributed by atoms with Gasteiger partial charge in [0, 0.05) is 23.0 Å². The first-order valence-electron chi connectivity index (χ1n) is 10.6. The van der Waals surface area contributed by atoms with Crippen LogP contribution in [0, 0.1) is 11.8 Å². The Labute approximate surface area is 213 Å². The van der Waals surface area contributed by atoms with Gasteiger partial charge in [-0.05, 0) is 12.1 Å².